The largest absolute Gasteiger partial charge is 0.481 e. The first kappa shape index (κ1) is 21.5. The van der Waals surface area contributed by atoms with Gasteiger partial charge < -0.3 is 15.0 Å². The van der Waals surface area contributed by atoms with Crippen LogP contribution in [0.25, 0.3) is 21.3 Å². The number of aromatic nitrogens is 1. The van der Waals surface area contributed by atoms with Gasteiger partial charge in [0.1, 0.15) is 0 Å². The van der Waals surface area contributed by atoms with Crippen LogP contribution in [0.4, 0.5) is 0 Å². The second kappa shape index (κ2) is 9.24. The summed E-state index contributed by atoms with van der Waals surface area (Å²) in [6.45, 7) is 0.694. The van der Waals surface area contributed by atoms with Gasteiger partial charge in [0.05, 0.1) is 21.7 Å². The smallest absolute Gasteiger partial charge is 0.306 e. The summed E-state index contributed by atoms with van der Waals surface area (Å²) in [4.78, 5) is 24.2. The molecule has 0 bridgehead atoms. The van der Waals surface area contributed by atoms with Gasteiger partial charge in [-0.2, -0.15) is 0 Å². The molecule has 1 saturated carbocycles. The minimum atomic E-state index is -0.728. The monoisotopic (exact) mass is 458 g/mol. The van der Waals surface area contributed by atoms with Gasteiger partial charge in [-0.3, -0.25) is 9.59 Å². The van der Waals surface area contributed by atoms with E-state index in [1.54, 1.807) is 11.3 Å². The maximum atomic E-state index is 13.1. The summed E-state index contributed by atoms with van der Waals surface area (Å²) >= 11 is 1.58. The van der Waals surface area contributed by atoms with E-state index in [4.69, 9.17) is 0 Å². The third kappa shape index (κ3) is 4.57. The van der Waals surface area contributed by atoms with Crippen LogP contribution in [-0.4, -0.2) is 27.6 Å². The molecule has 1 aliphatic carbocycles. The van der Waals surface area contributed by atoms with Crippen LogP contribution in [0.15, 0.2) is 72.2 Å². The molecule has 5 rings (SSSR count). The molecule has 0 radical (unpaired) electrons. The molecule has 1 fully saturated rings. The van der Waals surface area contributed by atoms with Crippen molar-refractivity contribution in [2.24, 2.45) is 5.92 Å². The number of carbonyl (C=O) groups excluding carboxylic acids is 1. The van der Waals surface area contributed by atoms with Gasteiger partial charge in [0.25, 0.3) is 5.91 Å². The normalized spacial score (nSPS) is 18.3. The Morgan fingerprint density at radius 2 is 1.64 bits per heavy atom. The molecular formula is C27H26N2O3S. The molecule has 2 aromatic carbocycles. The lowest BCUT2D eigenvalue weighted by Crippen LogP contribution is -2.38. The highest BCUT2D eigenvalue weighted by atomic mass is 32.1. The Bertz CT molecular complexity index is 1270. The average molecular weight is 459 g/mol. The number of carbonyl (C=O) groups is 2. The number of rotatable bonds is 6. The van der Waals surface area contributed by atoms with E-state index in [2.05, 4.69) is 52.3 Å². The number of nitrogens with zero attached hydrogens (tertiary/aromatic N) is 1. The molecule has 1 amide bonds. The third-order valence-electron chi connectivity index (χ3n) is 6.56. The standard InChI is InChI=1S/C27H26N2O3S/c30-26(28-22-12-10-21(11-13-22)27(31)32)23-17-33-24-14-15-29(25(23)24)16-18-6-8-20(9-7-18)19-4-2-1-3-5-19/h1-9,14-15,17,21-22H,10-13,16H2,(H,28,30)(H,31,32)/t21-,22+. The molecule has 2 heterocycles. The van der Waals surface area contributed by atoms with Crippen LogP contribution in [0, 0.1) is 5.92 Å². The van der Waals surface area contributed by atoms with E-state index >= 15 is 0 Å². The Morgan fingerprint density at radius 1 is 0.939 bits per heavy atom. The number of amides is 1. The fraction of sp³-hybridized carbons (Fsp3) is 0.259. The highest BCUT2D eigenvalue weighted by molar-refractivity contribution is 7.17. The van der Waals surface area contributed by atoms with Crippen molar-refractivity contribution in [3.05, 3.63) is 83.4 Å². The molecule has 0 saturated heterocycles. The lowest BCUT2D eigenvalue weighted by Gasteiger charge is -2.26. The van der Waals surface area contributed by atoms with Crippen molar-refractivity contribution in [1.29, 1.82) is 0 Å². The fourth-order valence-corrected chi connectivity index (χ4v) is 5.63. The number of aliphatic carboxylic acids is 1. The summed E-state index contributed by atoms with van der Waals surface area (Å²) in [6, 6.07) is 21.0. The van der Waals surface area contributed by atoms with Crippen LogP contribution < -0.4 is 5.32 Å². The predicted octanol–water partition coefficient (Wildman–Crippen LogP) is 5.79. The Morgan fingerprint density at radius 3 is 2.33 bits per heavy atom. The maximum absolute atomic E-state index is 13.1. The van der Waals surface area contributed by atoms with Crippen LogP contribution in [0.1, 0.15) is 41.6 Å². The molecule has 2 N–H and O–H groups in total. The van der Waals surface area contributed by atoms with Crippen LogP contribution in [0.5, 0.6) is 0 Å². The zero-order chi connectivity index (χ0) is 22.8. The lowest BCUT2D eigenvalue weighted by atomic mass is 9.86. The number of thiophene rings is 1. The van der Waals surface area contributed by atoms with E-state index < -0.39 is 5.97 Å². The van der Waals surface area contributed by atoms with Crippen molar-refractivity contribution < 1.29 is 14.7 Å². The first-order valence-electron chi connectivity index (χ1n) is 11.3. The van der Waals surface area contributed by atoms with Crippen LogP contribution in [-0.2, 0) is 11.3 Å². The molecule has 5 nitrogen and oxygen atoms in total. The van der Waals surface area contributed by atoms with Crippen molar-refractivity contribution in [2.75, 3.05) is 0 Å². The molecule has 0 spiro atoms. The molecule has 4 aromatic rings. The summed E-state index contributed by atoms with van der Waals surface area (Å²) in [6.07, 6.45) is 4.71. The number of hydrogen-bond donors (Lipinski definition) is 2. The quantitative estimate of drug-likeness (QED) is 0.384. The zero-order valence-electron chi connectivity index (χ0n) is 18.2. The Hall–Kier alpha value is -3.38. The van der Waals surface area contributed by atoms with E-state index in [0.29, 0.717) is 37.8 Å². The Balaban J connectivity index is 1.30. The summed E-state index contributed by atoms with van der Waals surface area (Å²) in [5, 5.41) is 14.3. The Labute approximate surface area is 196 Å². The van der Waals surface area contributed by atoms with Crippen LogP contribution in [0.2, 0.25) is 0 Å². The lowest BCUT2D eigenvalue weighted by molar-refractivity contribution is -0.142. The number of benzene rings is 2. The van der Waals surface area contributed by atoms with Gasteiger partial charge in [-0.05, 0) is 48.4 Å². The van der Waals surface area contributed by atoms with Crippen LogP contribution >= 0.6 is 11.3 Å². The topological polar surface area (TPSA) is 71.3 Å². The minimum absolute atomic E-state index is 0.0389. The van der Waals surface area contributed by atoms with E-state index in [0.717, 1.165) is 10.2 Å². The van der Waals surface area contributed by atoms with Gasteiger partial charge in [-0.1, -0.05) is 54.6 Å². The SMILES string of the molecule is O=C(N[C@H]1CC[C@@H](C(=O)O)CC1)c1csc2ccn(Cc3ccc(-c4ccccc4)cc3)c12. The number of fused-ring (bicyclic) bond motifs is 1. The molecule has 1 aliphatic rings. The molecular weight excluding hydrogens is 432 g/mol. The molecule has 0 unspecified atom stereocenters. The highest BCUT2D eigenvalue weighted by Gasteiger charge is 2.27. The number of hydrogen-bond acceptors (Lipinski definition) is 3. The molecule has 33 heavy (non-hydrogen) atoms. The van der Waals surface area contributed by atoms with E-state index in [-0.39, 0.29) is 17.9 Å². The summed E-state index contributed by atoms with van der Waals surface area (Å²) in [5.41, 5.74) is 5.22. The van der Waals surface area contributed by atoms with Gasteiger partial charge >= 0.3 is 5.97 Å². The number of nitrogens with one attached hydrogen (secondary N) is 1. The van der Waals surface area contributed by atoms with E-state index in [1.165, 1.54) is 16.7 Å². The average Bonchev–Trinajstić information content (AvgIpc) is 3.44. The molecule has 6 heteroatoms. The molecule has 0 atom stereocenters. The second-order valence-corrected chi connectivity index (χ2v) is 9.64. The third-order valence-corrected chi connectivity index (χ3v) is 7.49. The maximum Gasteiger partial charge on any atom is 0.306 e. The molecule has 0 aliphatic heterocycles. The van der Waals surface area contributed by atoms with Crippen molar-refractivity contribution in [2.45, 2.75) is 38.3 Å². The van der Waals surface area contributed by atoms with Gasteiger partial charge in [0.2, 0.25) is 0 Å². The highest BCUT2D eigenvalue weighted by Crippen LogP contribution is 2.30. The van der Waals surface area contributed by atoms with E-state index in [1.807, 2.05) is 29.8 Å². The molecule has 168 valence electrons. The van der Waals surface area contributed by atoms with Crippen molar-refractivity contribution in [3.8, 4) is 11.1 Å². The summed E-state index contributed by atoms with van der Waals surface area (Å²) in [5.74, 6) is -1.08. The zero-order valence-corrected chi connectivity index (χ0v) is 19.1. The molecule has 2 aromatic heterocycles. The first-order valence-corrected chi connectivity index (χ1v) is 12.2. The summed E-state index contributed by atoms with van der Waals surface area (Å²) < 4.78 is 3.23. The predicted molar refractivity (Wildman–Crippen MR) is 132 cm³/mol. The fourth-order valence-electron chi connectivity index (χ4n) is 4.68. The second-order valence-electron chi connectivity index (χ2n) is 8.73. The Kier molecular flexibility index (Phi) is 6.01. The summed E-state index contributed by atoms with van der Waals surface area (Å²) in [7, 11) is 0. The van der Waals surface area contributed by atoms with Crippen LogP contribution in [0.3, 0.4) is 0 Å². The van der Waals surface area contributed by atoms with Crippen molar-refractivity contribution >= 4 is 33.4 Å². The van der Waals surface area contributed by atoms with Gasteiger partial charge in [0.15, 0.2) is 0 Å². The van der Waals surface area contributed by atoms with Gasteiger partial charge in [-0.15, -0.1) is 11.3 Å². The van der Waals surface area contributed by atoms with Gasteiger partial charge in [-0.25, -0.2) is 0 Å². The first-order chi connectivity index (χ1) is 16.1. The van der Waals surface area contributed by atoms with Crippen molar-refractivity contribution in [3.63, 3.8) is 0 Å². The van der Waals surface area contributed by atoms with Gasteiger partial charge in [0, 0.05) is 24.2 Å². The number of carboxylic acids is 1. The number of carboxylic acid groups (broad SMARTS) is 1. The van der Waals surface area contributed by atoms with Crippen molar-refractivity contribution in [1.82, 2.24) is 9.88 Å². The van der Waals surface area contributed by atoms with E-state index in [9.17, 15) is 14.7 Å². The minimum Gasteiger partial charge on any atom is -0.481 e.